The normalized spacial score (nSPS) is 18.7. The molecule has 1 aliphatic heterocycles. The highest BCUT2D eigenvalue weighted by Crippen LogP contribution is 2.27. The Labute approximate surface area is 152 Å². The minimum absolute atomic E-state index is 0.608. The smallest absolute Gasteiger partial charge is 0.227 e. The molecule has 0 saturated carbocycles. The number of aryl methyl sites for hydroxylation is 2. The van der Waals surface area contributed by atoms with Crippen molar-refractivity contribution in [1.82, 2.24) is 19.4 Å². The summed E-state index contributed by atoms with van der Waals surface area (Å²) in [4.78, 5) is 11.5. The zero-order valence-corrected chi connectivity index (χ0v) is 15.4. The van der Waals surface area contributed by atoms with Gasteiger partial charge in [-0.1, -0.05) is 6.42 Å². The van der Waals surface area contributed by atoms with E-state index in [9.17, 15) is 0 Å². The molecule has 4 rings (SSSR count). The fraction of sp³-hybridized carbons (Fsp3) is 0.474. The zero-order chi connectivity index (χ0) is 17.1. The molecule has 5 nitrogen and oxygen atoms in total. The van der Waals surface area contributed by atoms with Crippen LogP contribution in [0.25, 0.3) is 11.5 Å². The van der Waals surface area contributed by atoms with Gasteiger partial charge < -0.3 is 8.98 Å². The van der Waals surface area contributed by atoms with Crippen molar-refractivity contribution in [1.29, 1.82) is 0 Å². The lowest BCUT2D eigenvalue weighted by molar-refractivity contribution is 0.126. The number of hydrogen-bond donors (Lipinski definition) is 0. The SMILES string of the molecule is Cc1oc(-c2ccsc2)nc1CN1CCCCC1CCn1ccnc1. The molecule has 25 heavy (non-hydrogen) atoms. The van der Waals surface area contributed by atoms with E-state index in [1.807, 2.05) is 25.6 Å². The van der Waals surface area contributed by atoms with E-state index in [2.05, 4.69) is 31.3 Å². The number of aromatic nitrogens is 3. The molecule has 3 aromatic rings. The Kier molecular flexibility index (Phi) is 4.99. The van der Waals surface area contributed by atoms with Gasteiger partial charge in [0.1, 0.15) is 5.76 Å². The van der Waals surface area contributed by atoms with Crippen molar-refractivity contribution in [3.05, 3.63) is 47.0 Å². The number of thiophene rings is 1. The molecule has 0 spiro atoms. The summed E-state index contributed by atoms with van der Waals surface area (Å²) in [6.07, 6.45) is 10.8. The Balaban J connectivity index is 1.44. The van der Waals surface area contributed by atoms with Crippen molar-refractivity contribution in [3.8, 4) is 11.5 Å². The topological polar surface area (TPSA) is 47.1 Å². The molecular formula is C19H24N4OS. The van der Waals surface area contributed by atoms with Crippen molar-refractivity contribution in [2.24, 2.45) is 0 Å². The van der Waals surface area contributed by atoms with Gasteiger partial charge in [0.25, 0.3) is 0 Å². The van der Waals surface area contributed by atoms with Gasteiger partial charge in [0, 0.05) is 42.5 Å². The fourth-order valence-electron chi connectivity index (χ4n) is 3.59. The first-order valence-electron chi connectivity index (χ1n) is 8.98. The molecule has 0 aromatic carbocycles. The van der Waals surface area contributed by atoms with Crippen LogP contribution >= 0.6 is 11.3 Å². The second-order valence-corrected chi connectivity index (χ2v) is 7.52. The van der Waals surface area contributed by atoms with Crippen molar-refractivity contribution in [2.45, 2.75) is 51.7 Å². The minimum atomic E-state index is 0.608. The van der Waals surface area contributed by atoms with Gasteiger partial charge >= 0.3 is 0 Å². The Morgan fingerprint density at radius 1 is 1.36 bits per heavy atom. The minimum Gasteiger partial charge on any atom is -0.441 e. The van der Waals surface area contributed by atoms with Crippen LogP contribution < -0.4 is 0 Å². The highest BCUT2D eigenvalue weighted by Gasteiger charge is 2.24. The molecule has 0 aliphatic carbocycles. The summed E-state index contributed by atoms with van der Waals surface area (Å²) in [6, 6.07) is 2.67. The summed E-state index contributed by atoms with van der Waals surface area (Å²) in [5.74, 6) is 1.70. The molecule has 0 amide bonds. The van der Waals surface area contributed by atoms with Crippen molar-refractivity contribution >= 4 is 11.3 Å². The second kappa shape index (κ2) is 7.54. The zero-order valence-electron chi connectivity index (χ0n) is 14.6. The molecule has 132 valence electrons. The monoisotopic (exact) mass is 356 g/mol. The van der Waals surface area contributed by atoms with Crippen LogP contribution in [0, 0.1) is 6.92 Å². The Hall–Kier alpha value is -1.92. The maximum absolute atomic E-state index is 5.91. The molecule has 4 heterocycles. The molecule has 1 aliphatic rings. The molecule has 1 saturated heterocycles. The van der Waals surface area contributed by atoms with Gasteiger partial charge in [-0.05, 0) is 44.2 Å². The third-order valence-corrected chi connectivity index (χ3v) is 5.73. The molecule has 1 fully saturated rings. The van der Waals surface area contributed by atoms with E-state index in [-0.39, 0.29) is 0 Å². The van der Waals surface area contributed by atoms with Crippen molar-refractivity contribution in [2.75, 3.05) is 6.54 Å². The first kappa shape index (κ1) is 16.5. The predicted octanol–water partition coefficient (Wildman–Crippen LogP) is 4.35. The summed E-state index contributed by atoms with van der Waals surface area (Å²) in [7, 11) is 0. The lowest BCUT2D eigenvalue weighted by Crippen LogP contribution is -2.39. The number of piperidine rings is 1. The van der Waals surface area contributed by atoms with Crippen molar-refractivity contribution < 1.29 is 4.42 Å². The van der Waals surface area contributed by atoms with Gasteiger partial charge in [0.15, 0.2) is 0 Å². The Morgan fingerprint density at radius 3 is 3.12 bits per heavy atom. The van der Waals surface area contributed by atoms with Crippen LogP contribution in [0.2, 0.25) is 0 Å². The van der Waals surface area contributed by atoms with Crippen LogP contribution in [0.1, 0.15) is 37.1 Å². The molecule has 6 heteroatoms. The first-order valence-corrected chi connectivity index (χ1v) is 9.92. The first-order chi connectivity index (χ1) is 12.3. The van der Waals surface area contributed by atoms with Gasteiger partial charge in [-0.2, -0.15) is 11.3 Å². The van der Waals surface area contributed by atoms with Gasteiger partial charge in [-0.25, -0.2) is 9.97 Å². The predicted molar refractivity (Wildman–Crippen MR) is 99.4 cm³/mol. The number of oxazole rings is 1. The Morgan fingerprint density at radius 2 is 2.32 bits per heavy atom. The fourth-order valence-corrected chi connectivity index (χ4v) is 4.22. The summed E-state index contributed by atoms with van der Waals surface area (Å²) in [6.45, 7) is 5.09. The Bertz CT molecular complexity index is 779. The van der Waals surface area contributed by atoms with E-state index in [4.69, 9.17) is 9.40 Å². The van der Waals surface area contributed by atoms with E-state index in [0.29, 0.717) is 6.04 Å². The summed E-state index contributed by atoms with van der Waals surface area (Å²) < 4.78 is 8.08. The van der Waals surface area contributed by atoms with Crippen LogP contribution in [0.15, 0.2) is 40.0 Å². The molecule has 0 N–H and O–H groups in total. The van der Waals surface area contributed by atoms with E-state index in [0.717, 1.165) is 49.0 Å². The average molecular weight is 356 g/mol. The molecule has 3 aromatic heterocycles. The average Bonchev–Trinajstić information content (AvgIpc) is 3.37. The highest BCUT2D eigenvalue weighted by molar-refractivity contribution is 7.08. The standard InChI is InChI=1S/C19H24N4OS/c1-15-18(21-19(24-15)16-6-11-25-13-16)12-23-8-3-2-4-17(23)5-9-22-10-7-20-14-22/h6-7,10-11,13-14,17H,2-5,8-9,12H2,1H3. The van der Waals surface area contributed by atoms with Crippen LogP contribution in [0.5, 0.6) is 0 Å². The highest BCUT2D eigenvalue weighted by atomic mass is 32.1. The number of hydrogen-bond acceptors (Lipinski definition) is 5. The second-order valence-electron chi connectivity index (χ2n) is 6.74. The number of imidazole rings is 1. The third-order valence-electron chi connectivity index (χ3n) is 5.04. The third kappa shape index (κ3) is 3.85. The number of rotatable bonds is 6. The quantitative estimate of drug-likeness (QED) is 0.659. The van der Waals surface area contributed by atoms with Gasteiger partial charge in [0.05, 0.1) is 12.0 Å². The van der Waals surface area contributed by atoms with Gasteiger partial charge in [0.2, 0.25) is 5.89 Å². The lowest BCUT2D eigenvalue weighted by Gasteiger charge is -2.35. The van der Waals surface area contributed by atoms with Crippen LogP contribution in [-0.4, -0.2) is 32.0 Å². The van der Waals surface area contributed by atoms with Crippen LogP contribution in [0.4, 0.5) is 0 Å². The molecule has 1 unspecified atom stereocenters. The number of nitrogens with zero attached hydrogens (tertiary/aromatic N) is 4. The van der Waals surface area contributed by atoms with Crippen LogP contribution in [-0.2, 0) is 13.1 Å². The number of likely N-dealkylation sites (tertiary alicyclic amines) is 1. The van der Waals surface area contributed by atoms with Gasteiger partial charge in [-0.15, -0.1) is 0 Å². The van der Waals surface area contributed by atoms with Gasteiger partial charge in [-0.3, -0.25) is 4.90 Å². The van der Waals surface area contributed by atoms with Crippen LogP contribution in [0.3, 0.4) is 0 Å². The molecule has 0 radical (unpaired) electrons. The molecule has 1 atom stereocenters. The maximum atomic E-state index is 5.91. The summed E-state index contributed by atoms with van der Waals surface area (Å²) in [5.41, 5.74) is 2.16. The van der Waals surface area contributed by atoms with E-state index < -0.39 is 0 Å². The van der Waals surface area contributed by atoms with E-state index >= 15 is 0 Å². The maximum Gasteiger partial charge on any atom is 0.227 e. The summed E-state index contributed by atoms with van der Waals surface area (Å²) in [5, 5.41) is 4.15. The molecule has 0 bridgehead atoms. The lowest BCUT2D eigenvalue weighted by atomic mass is 9.99. The molecular weight excluding hydrogens is 332 g/mol. The van der Waals surface area contributed by atoms with E-state index in [1.54, 1.807) is 11.3 Å². The van der Waals surface area contributed by atoms with E-state index in [1.165, 1.54) is 19.3 Å². The summed E-state index contributed by atoms with van der Waals surface area (Å²) >= 11 is 1.67. The van der Waals surface area contributed by atoms with Crippen molar-refractivity contribution in [3.63, 3.8) is 0 Å². The largest absolute Gasteiger partial charge is 0.441 e.